The Morgan fingerprint density at radius 3 is 2.32 bits per heavy atom. The molecule has 0 aliphatic rings. The fraction of sp³-hybridized carbons (Fsp3) is 0.294. The van der Waals surface area contributed by atoms with Crippen LogP contribution in [0, 0.1) is 5.82 Å². The lowest BCUT2D eigenvalue weighted by Crippen LogP contribution is -2.04. The molecule has 0 amide bonds. The molecule has 2 heteroatoms. The highest BCUT2D eigenvalue weighted by Crippen LogP contribution is 2.26. The first-order chi connectivity index (χ1) is 9.17. The van der Waals surface area contributed by atoms with Crippen LogP contribution < -0.4 is 0 Å². The molecular formula is C17H19FO. The van der Waals surface area contributed by atoms with Gasteiger partial charge < -0.3 is 5.11 Å². The Hall–Kier alpha value is -1.67. The summed E-state index contributed by atoms with van der Waals surface area (Å²) >= 11 is 0. The highest BCUT2D eigenvalue weighted by molar-refractivity contribution is 5.37. The van der Waals surface area contributed by atoms with Crippen molar-refractivity contribution in [2.45, 2.75) is 32.8 Å². The molecule has 2 aromatic carbocycles. The highest BCUT2D eigenvalue weighted by Gasteiger charge is 2.15. The maximum atomic E-state index is 13.7. The standard InChI is InChI=1S/C17H19FO/c1-3-12-9-10-14(11-13(12)4-2)17(19)15-7-5-6-8-16(15)18/h5-11,17,19H,3-4H2,1-2H3. The van der Waals surface area contributed by atoms with E-state index >= 15 is 0 Å². The van der Waals surface area contributed by atoms with Gasteiger partial charge in [0.05, 0.1) is 0 Å². The molecule has 1 nitrogen and oxygen atoms in total. The van der Waals surface area contributed by atoms with Gasteiger partial charge in [0.25, 0.3) is 0 Å². The lowest BCUT2D eigenvalue weighted by molar-refractivity contribution is 0.215. The van der Waals surface area contributed by atoms with E-state index in [-0.39, 0.29) is 5.82 Å². The number of halogens is 1. The van der Waals surface area contributed by atoms with Crippen molar-refractivity contribution in [2.75, 3.05) is 0 Å². The maximum Gasteiger partial charge on any atom is 0.129 e. The van der Waals surface area contributed by atoms with Crippen molar-refractivity contribution >= 4 is 0 Å². The molecule has 0 heterocycles. The fourth-order valence-electron chi connectivity index (χ4n) is 2.37. The molecule has 0 saturated heterocycles. The molecule has 1 atom stereocenters. The number of rotatable bonds is 4. The zero-order valence-corrected chi connectivity index (χ0v) is 11.4. The normalized spacial score (nSPS) is 12.4. The summed E-state index contributed by atoms with van der Waals surface area (Å²) in [5.74, 6) is -0.368. The zero-order chi connectivity index (χ0) is 13.8. The van der Waals surface area contributed by atoms with Gasteiger partial charge >= 0.3 is 0 Å². The summed E-state index contributed by atoms with van der Waals surface area (Å²) in [6.07, 6.45) is 0.984. The van der Waals surface area contributed by atoms with Gasteiger partial charge in [0.15, 0.2) is 0 Å². The zero-order valence-electron chi connectivity index (χ0n) is 11.4. The molecule has 0 radical (unpaired) electrons. The van der Waals surface area contributed by atoms with Gasteiger partial charge in [0.2, 0.25) is 0 Å². The second-order valence-electron chi connectivity index (χ2n) is 4.66. The van der Waals surface area contributed by atoms with Crippen LogP contribution in [0.1, 0.15) is 42.2 Å². The SMILES string of the molecule is CCc1ccc(C(O)c2ccccc2F)cc1CC. The number of benzene rings is 2. The van der Waals surface area contributed by atoms with E-state index in [1.54, 1.807) is 18.2 Å². The number of aliphatic hydroxyl groups is 1. The smallest absolute Gasteiger partial charge is 0.129 e. The Balaban J connectivity index is 2.39. The summed E-state index contributed by atoms with van der Waals surface area (Å²) in [6.45, 7) is 4.20. The topological polar surface area (TPSA) is 20.2 Å². The van der Waals surface area contributed by atoms with Gasteiger partial charge in [-0.2, -0.15) is 0 Å². The minimum absolute atomic E-state index is 0.328. The van der Waals surface area contributed by atoms with Crippen LogP contribution in [0.5, 0.6) is 0 Å². The predicted molar refractivity (Wildman–Crippen MR) is 75.7 cm³/mol. The van der Waals surface area contributed by atoms with Crippen molar-refractivity contribution in [2.24, 2.45) is 0 Å². The fourth-order valence-corrected chi connectivity index (χ4v) is 2.37. The molecule has 0 fully saturated rings. The van der Waals surface area contributed by atoms with Gasteiger partial charge in [-0.05, 0) is 35.6 Å². The van der Waals surface area contributed by atoms with Crippen molar-refractivity contribution in [3.8, 4) is 0 Å². The van der Waals surface area contributed by atoms with Gasteiger partial charge in [-0.15, -0.1) is 0 Å². The van der Waals surface area contributed by atoms with Crippen LogP contribution in [-0.2, 0) is 12.8 Å². The molecule has 0 saturated carbocycles. The molecule has 2 aromatic rings. The van der Waals surface area contributed by atoms with Gasteiger partial charge in [-0.3, -0.25) is 0 Å². The van der Waals surface area contributed by atoms with Crippen molar-refractivity contribution in [1.29, 1.82) is 0 Å². The molecule has 1 unspecified atom stereocenters. The summed E-state index contributed by atoms with van der Waals surface area (Å²) < 4.78 is 13.7. The molecule has 0 bridgehead atoms. The van der Waals surface area contributed by atoms with Crippen LogP contribution in [0.2, 0.25) is 0 Å². The molecule has 2 rings (SSSR count). The predicted octanol–water partition coefficient (Wildman–Crippen LogP) is 4.03. The van der Waals surface area contributed by atoms with Crippen LogP contribution in [0.4, 0.5) is 4.39 Å². The first kappa shape index (κ1) is 13.8. The molecule has 0 aromatic heterocycles. The summed E-state index contributed by atoms with van der Waals surface area (Å²) in [4.78, 5) is 0. The molecular weight excluding hydrogens is 239 g/mol. The Kier molecular flexibility index (Phi) is 4.33. The Morgan fingerprint density at radius 1 is 1.00 bits per heavy atom. The van der Waals surface area contributed by atoms with E-state index < -0.39 is 6.10 Å². The minimum Gasteiger partial charge on any atom is -0.384 e. The number of aryl methyl sites for hydroxylation is 2. The molecule has 0 aliphatic carbocycles. The van der Waals surface area contributed by atoms with E-state index in [1.165, 1.54) is 17.2 Å². The van der Waals surface area contributed by atoms with E-state index in [0.717, 1.165) is 18.4 Å². The monoisotopic (exact) mass is 258 g/mol. The third-order valence-electron chi connectivity index (χ3n) is 3.51. The summed E-state index contributed by atoms with van der Waals surface area (Å²) in [5, 5.41) is 10.3. The third kappa shape index (κ3) is 2.85. The van der Waals surface area contributed by atoms with E-state index in [9.17, 15) is 9.50 Å². The quantitative estimate of drug-likeness (QED) is 0.877. The summed E-state index contributed by atoms with van der Waals surface area (Å²) in [6, 6.07) is 12.3. The van der Waals surface area contributed by atoms with Crippen LogP contribution in [0.25, 0.3) is 0 Å². The second-order valence-corrected chi connectivity index (χ2v) is 4.66. The summed E-state index contributed by atoms with van der Waals surface area (Å²) in [5.41, 5.74) is 3.58. The number of hydrogen-bond donors (Lipinski definition) is 1. The maximum absolute atomic E-state index is 13.7. The summed E-state index contributed by atoms with van der Waals surface area (Å²) in [7, 11) is 0. The van der Waals surface area contributed by atoms with Crippen molar-refractivity contribution in [3.63, 3.8) is 0 Å². The van der Waals surface area contributed by atoms with Crippen LogP contribution >= 0.6 is 0 Å². The number of aliphatic hydroxyl groups excluding tert-OH is 1. The molecule has 0 spiro atoms. The third-order valence-corrected chi connectivity index (χ3v) is 3.51. The molecule has 100 valence electrons. The second kappa shape index (κ2) is 5.98. The average molecular weight is 258 g/mol. The molecule has 1 N–H and O–H groups in total. The van der Waals surface area contributed by atoms with E-state index in [4.69, 9.17) is 0 Å². The van der Waals surface area contributed by atoms with Gasteiger partial charge in [-0.1, -0.05) is 50.2 Å². The van der Waals surface area contributed by atoms with Crippen LogP contribution in [0.3, 0.4) is 0 Å². The minimum atomic E-state index is -0.905. The van der Waals surface area contributed by atoms with E-state index in [2.05, 4.69) is 13.8 Å². The van der Waals surface area contributed by atoms with E-state index in [0.29, 0.717) is 5.56 Å². The Morgan fingerprint density at radius 2 is 1.68 bits per heavy atom. The average Bonchev–Trinajstić information content (AvgIpc) is 2.46. The first-order valence-electron chi connectivity index (χ1n) is 6.71. The van der Waals surface area contributed by atoms with Gasteiger partial charge in [-0.25, -0.2) is 4.39 Å². The van der Waals surface area contributed by atoms with Crippen LogP contribution in [0.15, 0.2) is 42.5 Å². The Labute approximate surface area is 113 Å². The lowest BCUT2D eigenvalue weighted by atomic mass is 9.95. The number of hydrogen-bond acceptors (Lipinski definition) is 1. The van der Waals surface area contributed by atoms with Crippen molar-refractivity contribution < 1.29 is 9.50 Å². The van der Waals surface area contributed by atoms with Crippen molar-refractivity contribution in [3.05, 3.63) is 70.5 Å². The van der Waals surface area contributed by atoms with Crippen LogP contribution in [-0.4, -0.2) is 5.11 Å². The first-order valence-corrected chi connectivity index (χ1v) is 6.71. The molecule has 19 heavy (non-hydrogen) atoms. The van der Waals surface area contributed by atoms with E-state index in [1.807, 2.05) is 18.2 Å². The van der Waals surface area contributed by atoms with Crippen molar-refractivity contribution in [1.82, 2.24) is 0 Å². The van der Waals surface area contributed by atoms with Gasteiger partial charge in [0.1, 0.15) is 11.9 Å². The van der Waals surface area contributed by atoms with Gasteiger partial charge in [0, 0.05) is 5.56 Å². The Bertz CT molecular complexity index is 563. The highest BCUT2D eigenvalue weighted by atomic mass is 19.1. The molecule has 0 aliphatic heterocycles. The largest absolute Gasteiger partial charge is 0.384 e. The lowest BCUT2D eigenvalue weighted by Gasteiger charge is -2.15.